The highest BCUT2D eigenvalue weighted by atomic mass is 35.5. The van der Waals surface area contributed by atoms with Gasteiger partial charge in [0.2, 0.25) is 0 Å². The number of benzene rings is 1. The van der Waals surface area contributed by atoms with Crippen LogP contribution >= 0.6 is 11.6 Å². The second kappa shape index (κ2) is 5.68. The summed E-state index contributed by atoms with van der Waals surface area (Å²) in [5.74, 6) is 1.54. The summed E-state index contributed by atoms with van der Waals surface area (Å²) >= 11 is 5.75. The van der Waals surface area contributed by atoms with E-state index < -0.39 is 5.91 Å². The van der Waals surface area contributed by atoms with E-state index in [0.29, 0.717) is 10.9 Å². The van der Waals surface area contributed by atoms with Gasteiger partial charge in [0.05, 0.1) is 5.56 Å². The van der Waals surface area contributed by atoms with E-state index in [1.807, 2.05) is 6.92 Å². The van der Waals surface area contributed by atoms with Gasteiger partial charge in [-0.3, -0.25) is 4.79 Å². The summed E-state index contributed by atoms with van der Waals surface area (Å²) in [4.78, 5) is 12.0. The molecule has 2 aliphatic carbocycles. The minimum Gasteiger partial charge on any atom is -0.507 e. The van der Waals surface area contributed by atoms with Crippen LogP contribution in [0.25, 0.3) is 0 Å². The Morgan fingerprint density at radius 1 is 1.38 bits per heavy atom. The van der Waals surface area contributed by atoms with Gasteiger partial charge >= 0.3 is 0 Å². The number of nitrogens with zero attached hydrogens (tertiary/aromatic N) is 1. The van der Waals surface area contributed by atoms with Crippen LogP contribution in [0.2, 0.25) is 5.02 Å². The minimum atomic E-state index is -0.410. The number of aromatic hydroxyl groups is 1. The Balaban J connectivity index is 1.66. The Labute approximate surface area is 129 Å². The molecule has 1 aromatic rings. The molecule has 5 heteroatoms. The lowest BCUT2D eigenvalue weighted by atomic mass is 9.86. The van der Waals surface area contributed by atoms with Gasteiger partial charge in [0, 0.05) is 16.7 Å². The Morgan fingerprint density at radius 3 is 2.81 bits per heavy atom. The number of fused-ring (bicyclic) bond motifs is 2. The number of hydrogen-bond acceptors (Lipinski definition) is 3. The number of phenols is 1. The zero-order valence-electron chi connectivity index (χ0n) is 12.0. The second-order valence-electron chi connectivity index (χ2n) is 6.14. The smallest absolute Gasteiger partial charge is 0.275 e. The summed E-state index contributed by atoms with van der Waals surface area (Å²) in [6.07, 6.45) is 5.14. The highest BCUT2D eigenvalue weighted by Crippen LogP contribution is 2.48. The Hall–Kier alpha value is -1.55. The van der Waals surface area contributed by atoms with Crippen molar-refractivity contribution in [3.05, 3.63) is 28.8 Å². The SMILES string of the molecule is C/C(=N\NC(=O)c1ccc(Cl)cc1O)[C@H]1C[C@@H]2CC[C@@H]1C2. The van der Waals surface area contributed by atoms with E-state index in [1.165, 1.54) is 37.8 Å². The molecule has 2 N–H and O–H groups in total. The van der Waals surface area contributed by atoms with Crippen LogP contribution < -0.4 is 5.43 Å². The predicted molar refractivity (Wildman–Crippen MR) is 82.6 cm³/mol. The average molecular weight is 307 g/mol. The zero-order valence-corrected chi connectivity index (χ0v) is 12.7. The highest BCUT2D eigenvalue weighted by Gasteiger charge is 2.40. The van der Waals surface area contributed by atoms with Crippen LogP contribution in [0, 0.1) is 17.8 Å². The van der Waals surface area contributed by atoms with Crippen molar-refractivity contribution in [3.8, 4) is 5.75 Å². The fourth-order valence-corrected chi connectivity index (χ4v) is 3.90. The maximum absolute atomic E-state index is 12.0. The molecule has 0 aromatic heterocycles. The Bertz CT molecular complexity index is 600. The summed E-state index contributed by atoms with van der Waals surface area (Å²) in [5, 5.41) is 14.4. The van der Waals surface area contributed by atoms with Gasteiger partial charge in [-0.2, -0.15) is 5.10 Å². The molecule has 1 aromatic carbocycles. The van der Waals surface area contributed by atoms with Crippen LogP contribution in [-0.2, 0) is 0 Å². The maximum Gasteiger partial charge on any atom is 0.275 e. The van der Waals surface area contributed by atoms with Crippen molar-refractivity contribution in [1.82, 2.24) is 5.43 Å². The molecule has 0 aliphatic heterocycles. The van der Waals surface area contributed by atoms with Crippen LogP contribution in [0.4, 0.5) is 0 Å². The lowest BCUT2D eigenvalue weighted by Gasteiger charge is -2.21. The molecule has 0 radical (unpaired) electrons. The van der Waals surface area contributed by atoms with Crippen molar-refractivity contribution in [2.24, 2.45) is 22.9 Å². The number of hydrazone groups is 1. The van der Waals surface area contributed by atoms with E-state index in [0.717, 1.165) is 17.5 Å². The third-order valence-corrected chi connectivity index (χ3v) is 5.05. The van der Waals surface area contributed by atoms with E-state index in [2.05, 4.69) is 10.5 Å². The van der Waals surface area contributed by atoms with E-state index in [9.17, 15) is 9.90 Å². The summed E-state index contributed by atoms with van der Waals surface area (Å²) in [6.45, 7) is 1.98. The summed E-state index contributed by atoms with van der Waals surface area (Å²) in [6, 6.07) is 4.42. The molecule has 2 aliphatic rings. The summed E-state index contributed by atoms with van der Waals surface area (Å²) in [5.41, 5.74) is 3.72. The molecule has 0 saturated heterocycles. The van der Waals surface area contributed by atoms with Crippen molar-refractivity contribution < 1.29 is 9.90 Å². The lowest BCUT2D eigenvalue weighted by molar-refractivity contribution is 0.0952. The number of carbonyl (C=O) groups is 1. The third kappa shape index (κ3) is 2.91. The van der Waals surface area contributed by atoms with Gasteiger partial charge in [0.25, 0.3) is 5.91 Å². The zero-order chi connectivity index (χ0) is 15.0. The van der Waals surface area contributed by atoms with E-state index in [1.54, 1.807) is 6.07 Å². The standard InChI is InChI=1S/C16H19ClN2O2/c1-9(14-7-10-2-3-11(14)6-10)18-19-16(21)13-5-4-12(17)8-15(13)20/h4-5,8,10-11,14,20H,2-3,6-7H2,1H3,(H,19,21)/b18-9+/t10-,11-,14-/m1/s1. The summed E-state index contributed by atoms with van der Waals surface area (Å²) in [7, 11) is 0. The molecule has 2 saturated carbocycles. The molecule has 2 bridgehead atoms. The minimum absolute atomic E-state index is 0.132. The molecule has 2 fully saturated rings. The highest BCUT2D eigenvalue weighted by molar-refractivity contribution is 6.30. The largest absolute Gasteiger partial charge is 0.507 e. The number of nitrogens with one attached hydrogen (secondary N) is 1. The number of amides is 1. The normalized spacial score (nSPS) is 27.9. The van der Waals surface area contributed by atoms with Crippen molar-refractivity contribution in [1.29, 1.82) is 0 Å². The van der Waals surface area contributed by atoms with Gasteiger partial charge in [-0.15, -0.1) is 0 Å². The molecule has 112 valence electrons. The van der Waals surface area contributed by atoms with Gasteiger partial charge in [-0.1, -0.05) is 18.0 Å². The van der Waals surface area contributed by atoms with E-state index >= 15 is 0 Å². The third-order valence-electron chi connectivity index (χ3n) is 4.81. The van der Waals surface area contributed by atoms with Gasteiger partial charge in [0.1, 0.15) is 5.75 Å². The van der Waals surface area contributed by atoms with Crippen LogP contribution in [-0.4, -0.2) is 16.7 Å². The predicted octanol–water partition coefficient (Wildman–Crippen LogP) is 3.59. The number of rotatable bonds is 3. The first kappa shape index (κ1) is 14.4. The van der Waals surface area contributed by atoms with Gasteiger partial charge in [0.15, 0.2) is 0 Å². The van der Waals surface area contributed by atoms with Crippen molar-refractivity contribution in [2.45, 2.75) is 32.6 Å². The van der Waals surface area contributed by atoms with E-state index in [-0.39, 0.29) is 11.3 Å². The Kier molecular flexibility index (Phi) is 3.89. The molecule has 3 atom stereocenters. The van der Waals surface area contributed by atoms with Crippen LogP contribution in [0.1, 0.15) is 43.0 Å². The van der Waals surface area contributed by atoms with Gasteiger partial charge in [-0.05, 0) is 56.2 Å². The molecule has 21 heavy (non-hydrogen) atoms. The first-order valence-electron chi connectivity index (χ1n) is 7.37. The molecule has 0 spiro atoms. The Morgan fingerprint density at radius 2 is 2.19 bits per heavy atom. The van der Waals surface area contributed by atoms with Crippen LogP contribution in [0.15, 0.2) is 23.3 Å². The molecule has 0 heterocycles. The summed E-state index contributed by atoms with van der Waals surface area (Å²) < 4.78 is 0. The molecule has 3 rings (SSSR count). The second-order valence-corrected chi connectivity index (χ2v) is 6.57. The van der Waals surface area contributed by atoms with Crippen molar-refractivity contribution >= 4 is 23.2 Å². The van der Waals surface area contributed by atoms with Gasteiger partial charge < -0.3 is 5.11 Å². The molecule has 1 amide bonds. The molecular weight excluding hydrogens is 288 g/mol. The number of phenolic OH excluding ortho intramolecular Hbond substituents is 1. The average Bonchev–Trinajstić information content (AvgIpc) is 3.07. The van der Waals surface area contributed by atoms with Crippen molar-refractivity contribution in [3.63, 3.8) is 0 Å². The maximum atomic E-state index is 12.0. The monoisotopic (exact) mass is 306 g/mol. The molecule has 0 unspecified atom stereocenters. The fourth-order valence-electron chi connectivity index (χ4n) is 3.74. The first-order chi connectivity index (χ1) is 10.0. The molecule has 4 nitrogen and oxygen atoms in total. The van der Waals surface area contributed by atoms with Crippen LogP contribution in [0.5, 0.6) is 5.75 Å². The lowest BCUT2D eigenvalue weighted by Crippen LogP contribution is -2.24. The van der Waals surface area contributed by atoms with Gasteiger partial charge in [-0.25, -0.2) is 5.43 Å². The van der Waals surface area contributed by atoms with E-state index in [4.69, 9.17) is 11.6 Å². The number of halogens is 1. The number of hydrogen-bond donors (Lipinski definition) is 2. The first-order valence-corrected chi connectivity index (χ1v) is 7.75. The molecular formula is C16H19ClN2O2. The van der Waals surface area contributed by atoms with Crippen LogP contribution in [0.3, 0.4) is 0 Å². The van der Waals surface area contributed by atoms with Crippen molar-refractivity contribution in [2.75, 3.05) is 0 Å². The number of carbonyl (C=O) groups excluding carboxylic acids is 1. The fraction of sp³-hybridized carbons (Fsp3) is 0.500. The quantitative estimate of drug-likeness (QED) is 0.662. The topological polar surface area (TPSA) is 61.7 Å².